The molecule has 0 aliphatic carbocycles. The summed E-state index contributed by atoms with van der Waals surface area (Å²) in [5.74, 6) is 3.12. The van der Waals surface area contributed by atoms with Crippen LogP contribution in [0.4, 0.5) is 0 Å². The van der Waals surface area contributed by atoms with Gasteiger partial charge in [0.25, 0.3) is 0 Å². The third-order valence-corrected chi connectivity index (χ3v) is 4.04. The molecule has 0 saturated carbocycles. The van der Waals surface area contributed by atoms with Crippen LogP contribution in [0.3, 0.4) is 0 Å². The molecule has 0 fully saturated rings. The summed E-state index contributed by atoms with van der Waals surface area (Å²) in [6, 6.07) is 9.06. The summed E-state index contributed by atoms with van der Waals surface area (Å²) in [5, 5.41) is 10.2. The number of aromatic nitrogens is 3. The number of nitrogens with one attached hydrogen (secondary N) is 2. The Morgan fingerprint density at radius 3 is 3.24 bits per heavy atom. The zero-order valence-electron chi connectivity index (χ0n) is 9.39. The molecule has 0 bridgehead atoms. The van der Waals surface area contributed by atoms with Gasteiger partial charge in [-0.15, -0.1) is 0 Å². The molecule has 2 aromatic rings. The summed E-state index contributed by atoms with van der Waals surface area (Å²) < 4.78 is 0. The molecule has 0 spiro atoms. The number of hydrogen-bond acceptors (Lipinski definition) is 4. The average Bonchev–Trinajstić information content (AvgIpc) is 2.89. The van der Waals surface area contributed by atoms with E-state index < -0.39 is 0 Å². The van der Waals surface area contributed by atoms with Crippen LogP contribution in [0.15, 0.2) is 30.6 Å². The highest BCUT2D eigenvalue weighted by molar-refractivity contribution is 7.98. The van der Waals surface area contributed by atoms with Gasteiger partial charge in [-0.2, -0.15) is 16.9 Å². The fourth-order valence-electron chi connectivity index (χ4n) is 2.09. The maximum absolute atomic E-state index is 4.12. The Bertz CT molecular complexity index is 483. The molecule has 5 heteroatoms. The van der Waals surface area contributed by atoms with Crippen molar-refractivity contribution in [2.45, 2.75) is 18.3 Å². The lowest BCUT2D eigenvalue weighted by atomic mass is 10.0. The Hall–Kier alpha value is -1.33. The Morgan fingerprint density at radius 2 is 2.35 bits per heavy atom. The van der Waals surface area contributed by atoms with Crippen LogP contribution in [0.25, 0.3) is 0 Å². The van der Waals surface area contributed by atoms with Crippen molar-refractivity contribution >= 4 is 11.8 Å². The van der Waals surface area contributed by atoms with E-state index in [0.29, 0.717) is 6.04 Å². The van der Waals surface area contributed by atoms with E-state index in [9.17, 15) is 0 Å². The van der Waals surface area contributed by atoms with E-state index >= 15 is 0 Å². The van der Waals surface area contributed by atoms with Crippen molar-refractivity contribution in [3.63, 3.8) is 0 Å². The second kappa shape index (κ2) is 4.89. The predicted molar refractivity (Wildman–Crippen MR) is 68.6 cm³/mol. The third kappa shape index (κ3) is 2.35. The SMILES string of the molecule is c1ccc2c(c1)CSCC2NCc1ncn[nH]1. The minimum absolute atomic E-state index is 0.412. The van der Waals surface area contributed by atoms with Crippen LogP contribution in [0, 0.1) is 0 Å². The van der Waals surface area contributed by atoms with Crippen LogP contribution in [0.1, 0.15) is 23.0 Å². The maximum Gasteiger partial charge on any atom is 0.138 e. The zero-order chi connectivity index (χ0) is 11.5. The summed E-state index contributed by atoms with van der Waals surface area (Å²) >= 11 is 1.97. The molecule has 1 aromatic carbocycles. The smallest absolute Gasteiger partial charge is 0.138 e. The standard InChI is InChI=1S/C12H14N4S/c1-2-4-10-9(3-1)6-17-7-11(10)13-5-12-14-8-15-16-12/h1-4,8,11,13H,5-7H2,(H,14,15,16). The van der Waals surface area contributed by atoms with Crippen molar-refractivity contribution in [2.24, 2.45) is 0 Å². The quantitative estimate of drug-likeness (QED) is 0.868. The number of benzene rings is 1. The lowest BCUT2D eigenvalue weighted by Gasteiger charge is -2.25. The molecule has 1 unspecified atom stereocenters. The van der Waals surface area contributed by atoms with Gasteiger partial charge in [-0.1, -0.05) is 24.3 Å². The summed E-state index contributed by atoms with van der Waals surface area (Å²) in [4.78, 5) is 4.12. The highest BCUT2D eigenvalue weighted by Crippen LogP contribution is 2.31. The van der Waals surface area contributed by atoms with E-state index in [1.165, 1.54) is 11.1 Å². The molecular formula is C12H14N4S. The molecule has 17 heavy (non-hydrogen) atoms. The van der Waals surface area contributed by atoms with E-state index in [2.05, 4.69) is 44.8 Å². The third-order valence-electron chi connectivity index (χ3n) is 2.95. The van der Waals surface area contributed by atoms with E-state index in [0.717, 1.165) is 23.9 Å². The second-order valence-electron chi connectivity index (χ2n) is 4.08. The van der Waals surface area contributed by atoms with Gasteiger partial charge >= 0.3 is 0 Å². The molecule has 0 saturated heterocycles. The summed E-state index contributed by atoms with van der Waals surface area (Å²) in [7, 11) is 0. The first-order valence-corrected chi connectivity index (χ1v) is 6.82. The van der Waals surface area contributed by atoms with E-state index in [1.54, 1.807) is 6.33 Å². The Kier molecular flexibility index (Phi) is 3.11. The van der Waals surface area contributed by atoms with E-state index in [4.69, 9.17) is 0 Å². The monoisotopic (exact) mass is 246 g/mol. The fourth-order valence-corrected chi connectivity index (χ4v) is 3.22. The van der Waals surface area contributed by atoms with Crippen LogP contribution in [-0.2, 0) is 12.3 Å². The van der Waals surface area contributed by atoms with Gasteiger partial charge in [0, 0.05) is 17.5 Å². The lowest BCUT2D eigenvalue weighted by molar-refractivity contribution is 0.561. The van der Waals surface area contributed by atoms with Crippen molar-refractivity contribution in [3.05, 3.63) is 47.5 Å². The number of hydrogen-bond donors (Lipinski definition) is 2. The highest BCUT2D eigenvalue weighted by Gasteiger charge is 2.19. The number of aromatic amines is 1. The first kappa shape index (κ1) is 10.8. The molecule has 1 atom stereocenters. The van der Waals surface area contributed by atoms with Crippen LogP contribution < -0.4 is 5.32 Å². The maximum atomic E-state index is 4.12. The molecule has 1 aromatic heterocycles. The van der Waals surface area contributed by atoms with E-state index in [1.807, 2.05) is 11.8 Å². The van der Waals surface area contributed by atoms with Crippen molar-refractivity contribution in [1.82, 2.24) is 20.5 Å². The highest BCUT2D eigenvalue weighted by atomic mass is 32.2. The van der Waals surface area contributed by atoms with Gasteiger partial charge in [0.15, 0.2) is 0 Å². The molecule has 2 heterocycles. The van der Waals surface area contributed by atoms with Crippen molar-refractivity contribution in [3.8, 4) is 0 Å². The summed E-state index contributed by atoms with van der Waals surface area (Å²) in [6.45, 7) is 0.736. The number of thioether (sulfide) groups is 1. The van der Waals surface area contributed by atoms with Crippen LogP contribution in [0.5, 0.6) is 0 Å². The lowest BCUT2D eigenvalue weighted by Crippen LogP contribution is -2.26. The number of rotatable bonds is 3. The van der Waals surface area contributed by atoms with Gasteiger partial charge in [-0.25, -0.2) is 4.98 Å². The molecule has 1 aliphatic rings. The molecule has 0 amide bonds. The van der Waals surface area contributed by atoms with Gasteiger partial charge in [0.1, 0.15) is 12.2 Å². The normalized spacial score (nSPS) is 18.9. The van der Waals surface area contributed by atoms with E-state index in [-0.39, 0.29) is 0 Å². The summed E-state index contributed by atoms with van der Waals surface area (Å²) in [5.41, 5.74) is 2.87. The first-order chi connectivity index (χ1) is 8.43. The molecule has 88 valence electrons. The van der Waals surface area contributed by atoms with Crippen molar-refractivity contribution < 1.29 is 0 Å². The van der Waals surface area contributed by atoms with Gasteiger partial charge in [0.2, 0.25) is 0 Å². The van der Waals surface area contributed by atoms with Gasteiger partial charge < -0.3 is 5.32 Å². The van der Waals surface area contributed by atoms with Crippen molar-refractivity contribution in [2.75, 3.05) is 5.75 Å². The second-order valence-corrected chi connectivity index (χ2v) is 5.11. The first-order valence-electron chi connectivity index (χ1n) is 5.66. The molecule has 2 N–H and O–H groups in total. The van der Waals surface area contributed by atoms with Crippen LogP contribution in [0.2, 0.25) is 0 Å². The Labute approximate surface area is 104 Å². The molecule has 3 rings (SSSR count). The topological polar surface area (TPSA) is 53.6 Å². The minimum Gasteiger partial charge on any atom is -0.302 e. The molecule has 1 aliphatic heterocycles. The molecular weight excluding hydrogens is 232 g/mol. The predicted octanol–water partition coefficient (Wildman–Crippen LogP) is 1.88. The summed E-state index contributed by atoms with van der Waals surface area (Å²) in [6.07, 6.45) is 1.54. The number of nitrogens with zero attached hydrogens (tertiary/aromatic N) is 2. The van der Waals surface area contributed by atoms with Gasteiger partial charge in [0.05, 0.1) is 6.54 Å². The molecule has 0 radical (unpaired) electrons. The fraction of sp³-hybridized carbons (Fsp3) is 0.333. The minimum atomic E-state index is 0.412. The average molecular weight is 246 g/mol. The molecule has 4 nitrogen and oxygen atoms in total. The number of fused-ring (bicyclic) bond motifs is 1. The van der Waals surface area contributed by atoms with Gasteiger partial charge in [-0.3, -0.25) is 5.10 Å². The Morgan fingerprint density at radius 1 is 1.41 bits per heavy atom. The van der Waals surface area contributed by atoms with Crippen LogP contribution >= 0.6 is 11.8 Å². The van der Waals surface area contributed by atoms with Crippen molar-refractivity contribution in [1.29, 1.82) is 0 Å². The largest absolute Gasteiger partial charge is 0.302 e. The van der Waals surface area contributed by atoms with Crippen LogP contribution in [-0.4, -0.2) is 20.9 Å². The number of H-pyrrole nitrogens is 1. The zero-order valence-corrected chi connectivity index (χ0v) is 10.2. The van der Waals surface area contributed by atoms with Gasteiger partial charge in [-0.05, 0) is 11.1 Å². The Balaban J connectivity index is 1.72.